The number of hydrogen-bond acceptors (Lipinski definition) is 7. The number of rotatable bonds is 5. The molecule has 0 aliphatic carbocycles. The third-order valence-corrected chi connectivity index (χ3v) is 6.74. The number of hydrogen-bond donors (Lipinski definition) is 0. The van der Waals surface area contributed by atoms with E-state index in [0.29, 0.717) is 40.3 Å². The fourth-order valence-electron chi connectivity index (χ4n) is 3.25. The first-order valence-electron chi connectivity index (χ1n) is 9.68. The van der Waals surface area contributed by atoms with E-state index in [1.807, 2.05) is 0 Å². The molecule has 194 valence electrons. The minimum atomic E-state index is -5.75. The number of amides is 3. The Kier molecular flexibility index (Phi) is 6.55. The van der Waals surface area contributed by atoms with Crippen LogP contribution >= 0.6 is 0 Å². The van der Waals surface area contributed by atoms with Crippen LogP contribution in [0.25, 0.3) is 0 Å². The quantitative estimate of drug-likeness (QED) is 0.325. The van der Waals surface area contributed by atoms with Gasteiger partial charge >= 0.3 is 29.6 Å². The molecule has 1 fully saturated rings. The minimum absolute atomic E-state index is 0.268. The molecule has 36 heavy (non-hydrogen) atoms. The molecule has 1 aromatic carbocycles. The maximum Gasteiger partial charge on any atom is 0.501 e. The molecule has 1 aliphatic rings. The lowest BCUT2D eigenvalue weighted by molar-refractivity contribution is -0.221. The summed E-state index contributed by atoms with van der Waals surface area (Å²) in [6.45, 7) is 1.79. The SMILES string of the molecule is Cc1cnccc1CN1C(=O)N(c2ccc(S(=O)(=O)C(F)(F)F)cc2)C(=O)[C@]1(C)OC(=O)C(F)(F)F. The Balaban J connectivity index is 2.06. The summed E-state index contributed by atoms with van der Waals surface area (Å²) >= 11 is 0. The van der Waals surface area contributed by atoms with Crippen LogP contribution in [0, 0.1) is 6.92 Å². The maximum atomic E-state index is 13.2. The Morgan fingerprint density at radius 2 is 1.64 bits per heavy atom. The summed E-state index contributed by atoms with van der Waals surface area (Å²) in [4.78, 5) is 41.3. The minimum Gasteiger partial charge on any atom is -0.423 e. The van der Waals surface area contributed by atoms with E-state index in [1.165, 1.54) is 18.5 Å². The van der Waals surface area contributed by atoms with Crippen LogP contribution in [0.2, 0.25) is 0 Å². The fraction of sp³-hybridized carbons (Fsp3) is 0.300. The molecule has 2 aromatic rings. The third-order valence-electron chi connectivity index (χ3n) is 5.23. The standard InChI is InChI=1S/C20H15F6N3O6S/c1-11-9-27-8-7-12(11)10-28-17(32)29(15(30)18(28,2)35-16(31)19(21,22)23)13-3-5-14(6-4-13)36(33,34)20(24,25)26/h3-9H,10H2,1-2H3/t18-/m0/s1. The van der Waals surface area contributed by atoms with Crippen LogP contribution in [0.5, 0.6) is 0 Å². The Labute approximate surface area is 199 Å². The highest BCUT2D eigenvalue weighted by Crippen LogP contribution is 2.37. The first-order valence-corrected chi connectivity index (χ1v) is 11.2. The Hall–Kier alpha value is -3.69. The van der Waals surface area contributed by atoms with E-state index < -0.39 is 62.3 Å². The van der Waals surface area contributed by atoms with Gasteiger partial charge in [-0.05, 0) is 48.4 Å². The lowest BCUT2D eigenvalue weighted by atomic mass is 10.1. The van der Waals surface area contributed by atoms with Gasteiger partial charge in [-0.1, -0.05) is 0 Å². The van der Waals surface area contributed by atoms with Gasteiger partial charge in [0.05, 0.1) is 17.1 Å². The van der Waals surface area contributed by atoms with E-state index >= 15 is 0 Å². The third kappa shape index (κ3) is 4.59. The van der Waals surface area contributed by atoms with Crippen molar-refractivity contribution in [1.29, 1.82) is 0 Å². The Bertz CT molecular complexity index is 1330. The molecule has 0 bridgehead atoms. The number of sulfone groups is 1. The first kappa shape index (κ1) is 26.9. The zero-order valence-corrected chi connectivity index (χ0v) is 19.0. The van der Waals surface area contributed by atoms with Gasteiger partial charge in [-0.3, -0.25) is 14.7 Å². The second-order valence-corrected chi connectivity index (χ2v) is 9.57. The van der Waals surface area contributed by atoms with Crippen LogP contribution in [0.3, 0.4) is 0 Å². The van der Waals surface area contributed by atoms with Crippen LogP contribution < -0.4 is 4.90 Å². The zero-order valence-electron chi connectivity index (χ0n) is 18.2. The average molecular weight is 539 g/mol. The molecular weight excluding hydrogens is 524 g/mol. The van der Waals surface area contributed by atoms with E-state index in [4.69, 9.17) is 0 Å². The van der Waals surface area contributed by atoms with Crippen molar-refractivity contribution in [1.82, 2.24) is 9.88 Å². The molecule has 0 radical (unpaired) electrons. The van der Waals surface area contributed by atoms with E-state index in [-0.39, 0.29) is 4.90 Å². The van der Waals surface area contributed by atoms with Crippen molar-refractivity contribution in [3.8, 4) is 0 Å². The lowest BCUT2D eigenvalue weighted by Crippen LogP contribution is -2.52. The second kappa shape index (κ2) is 8.76. The van der Waals surface area contributed by atoms with Gasteiger partial charge < -0.3 is 4.74 Å². The molecule has 9 nitrogen and oxygen atoms in total. The number of carbonyl (C=O) groups excluding carboxylic acids is 3. The number of imide groups is 1. The molecule has 1 saturated heterocycles. The largest absolute Gasteiger partial charge is 0.501 e. The normalized spacial score (nSPS) is 19.1. The number of carbonyl (C=O) groups is 3. The number of benzene rings is 1. The predicted octanol–water partition coefficient (Wildman–Crippen LogP) is 3.47. The molecule has 3 amide bonds. The van der Waals surface area contributed by atoms with Crippen molar-refractivity contribution in [2.75, 3.05) is 4.90 Å². The number of aromatic nitrogens is 1. The maximum absolute atomic E-state index is 13.2. The molecule has 0 N–H and O–H groups in total. The molecule has 2 heterocycles. The Morgan fingerprint density at radius 1 is 1.06 bits per heavy atom. The van der Waals surface area contributed by atoms with Crippen LogP contribution in [0.15, 0.2) is 47.6 Å². The van der Waals surface area contributed by atoms with Gasteiger partial charge in [-0.15, -0.1) is 0 Å². The van der Waals surface area contributed by atoms with Gasteiger partial charge in [0.2, 0.25) is 0 Å². The highest BCUT2D eigenvalue weighted by molar-refractivity contribution is 7.92. The molecule has 16 heteroatoms. The highest BCUT2D eigenvalue weighted by atomic mass is 32.2. The predicted molar refractivity (Wildman–Crippen MR) is 108 cm³/mol. The van der Waals surface area contributed by atoms with Crippen molar-refractivity contribution in [2.24, 2.45) is 0 Å². The molecule has 1 aromatic heterocycles. The van der Waals surface area contributed by atoms with Gasteiger partial charge in [-0.2, -0.15) is 26.3 Å². The smallest absolute Gasteiger partial charge is 0.423 e. The molecule has 0 unspecified atom stereocenters. The van der Waals surface area contributed by atoms with Crippen LogP contribution in [-0.2, 0) is 30.7 Å². The summed E-state index contributed by atoms with van der Waals surface area (Å²) in [6.07, 6.45) is -2.85. The fourth-order valence-corrected chi connectivity index (χ4v) is 4.02. The summed E-state index contributed by atoms with van der Waals surface area (Å²) < 4.78 is 105. The number of anilines is 1. The van der Waals surface area contributed by atoms with Gasteiger partial charge in [-0.25, -0.2) is 22.9 Å². The Morgan fingerprint density at radius 3 is 2.14 bits per heavy atom. The second-order valence-electron chi connectivity index (χ2n) is 7.62. The molecular formula is C20H15F6N3O6S. The monoisotopic (exact) mass is 539 g/mol. The number of esters is 1. The highest BCUT2D eigenvalue weighted by Gasteiger charge is 2.60. The topological polar surface area (TPSA) is 114 Å². The van der Waals surface area contributed by atoms with Crippen molar-refractivity contribution < 1.29 is 53.9 Å². The van der Waals surface area contributed by atoms with Crippen molar-refractivity contribution in [2.45, 2.75) is 42.7 Å². The van der Waals surface area contributed by atoms with Crippen LogP contribution in [-0.4, -0.2) is 53.6 Å². The van der Waals surface area contributed by atoms with E-state index in [2.05, 4.69) is 9.72 Å². The van der Waals surface area contributed by atoms with E-state index in [1.54, 1.807) is 6.92 Å². The molecule has 1 atom stereocenters. The zero-order chi connectivity index (χ0) is 27.3. The average Bonchev–Trinajstić information content (AvgIpc) is 2.94. The number of aryl methyl sites for hydroxylation is 1. The van der Waals surface area contributed by atoms with Gasteiger partial charge in [0.15, 0.2) is 0 Å². The number of ether oxygens (including phenoxy) is 1. The summed E-state index contributed by atoms with van der Waals surface area (Å²) in [5.74, 6) is -4.24. The van der Waals surface area contributed by atoms with Crippen molar-refractivity contribution in [3.05, 3.63) is 53.9 Å². The lowest BCUT2D eigenvalue weighted by Gasteiger charge is -2.31. The number of nitrogens with zero attached hydrogens (tertiary/aromatic N) is 3. The van der Waals surface area contributed by atoms with Crippen molar-refractivity contribution in [3.63, 3.8) is 0 Å². The summed E-state index contributed by atoms with van der Waals surface area (Å²) in [5.41, 5.74) is -8.11. The molecule has 3 rings (SSSR count). The van der Waals surface area contributed by atoms with Gasteiger partial charge in [0.25, 0.3) is 15.6 Å². The summed E-state index contributed by atoms with van der Waals surface area (Å²) in [7, 11) is -5.75. The van der Waals surface area contributed by atoms with Gasteiger partial charge in [0, 0.05) is 19.3 Å². The number of alkyl halides is 6. The summed E-state index contributed by atoms with van der Waals surface area (Å²) in [5, 5.41) is 0. The van der Waals surface area contributed by atoms with Crippen LogP contribution in [0.1, 0.15) is 18.1 Å². The molecule has 0 saturated carbocycles. The molecule has 1 aliphatic heterocycles. The van der Waals surface area contributed by atoms with Gasteiger partial charge in [0.1, 0.15) is 0 Å². The van der Waals surface area contributed by atoms with E-state index in [0.717, 1.165) is 6.92 Å². The summed E-state index contributed by atoms with van der Waals surface area (Å²) in [6, 6.07) is 2.42. The van der Waals surface area contributed by atoms with Crippen LogP contribution in [0.4, 0.5) is 36.8 Å². The number of urea groups is 1. The van der Waals surface area contributed by atoms with Crippen molar-refractivity contribution >= 4 is 33.4 Å². The number of pyridine rings is 1. The number of halogens is 6. The molecule has 0 spiro atoms. The van der Waals surface area contributed by atoms with E-state index in [9.17, 15) is 49.1 Å². The first-order chi connectivity index (χ1) is 16.4.